The predicted molar refractivity (Wildman–Crippen MR) is 166 cm³/mol. The Hall–Kier alpha value is -5.69. The van der Waals surface area contributed by atoms with Crippen LogP contribution in [-0.2, 0) is 0 Å². The highest BCUT2D eigenvalue weighted by Crippen LogP contribution is 2.31. The SMILES string of the molecule is O=C1c2cccc3cccc(c23)C(=O)N1CCCOc1ccc(-c2cc(-c3ccccn3)nc(-c3ccccn3)c2)cc1. The maximum Gasteiger partial charge on any atom is 0.261 e. The molecule has 3 aromatic heterocycles. The van der Waals surface area contributed by atoms with Crippen LogP contribution in [0.5, 0.6) is 5.75 Å². The fraction of sp³-hybridized carbons (Fsp3) is 0.0833. The number of rotatable bonds is 8. The molecule has 0 spiro atoms. The number of benzene rings is 3. The number of nitrogens with zero attached hydrogens (tertiary/aromatic N) is 4. The molecule has 0 bridgehead atoms. The van der Waals surface area contributed by atoms with Crippen molar-refractivity contribution in [2.24, 2.45) is 0 Å². The summed E-state index contributed by atoms with van der Waals surface area (Å²) in [4.78, 5) is 41.4. The Morgan fingerprint density at radius 1 is 0.605 bits per heavy atom. The number of ether oxygens (including phenoxy) is 1. The van der Waals surface area contributed by atoms with E-state index < -0.39 is 0 Å². The van der Waals surface area contributed by atoms with Crippen LogP contribution in [0.3, 0.4) is 0 Å². The van der Waals surface area contributed by atoms with E-state index in [9.17, 15) is 9.59 Å². The summed E-state index contributed by atoms with van der Waals surface area (Å²) in [5.41, 5.74) is 6.22. The smallest absolute Gasteiger partial charge is 0.261 e. The van der Waals surface area contributed by atoms with E-state index in [1.165, 1.54) is 4.90 Å². The first kappa shape index (κ1) is 26.2. The molecule has 7 rings (SSSR count). The fourth-order valence-corrected chi connectivity index (χ4v) is 5.43. The molecule has 0 N–H and O–H groups in total. The Labute approximate surface area is 248 Å². The van der Waals surface area contributed by atoms with Gasteiger partial charge in [0.2, 0.25) is 0 Å². The Balaban J connectivity index is 1.05. The number of aromatic nitrogens is 3. The second-order valence-electron chi connectivity index (χ2n) is 10.3. The van der Waals surface area contributed by atoms with Gasteiger partial charge in [0.05, 0.1) is 29.4 Å². The number of hydrogen-bond donors (Lipinski definition) is 0. The van der Waals surface area contributed by atoms with Gasteiger partial charge in [0.25, 0.3) is 11.8 Å². The van der Waals surface area contributed by atoms with E-state index in [0.717, 1.165) is 44.7 Å². The zero-order chi connectivity index (χ0) is 29.2. The second kappa shape index (κ2) is 11.3. The van der Waals surface area contributed by atoms with Gasteiger partial charge in [-0.25, -0.2) is 4.98 Å². The molecular weight excluding hydrogens is 536 g/mol. The average molecular weight is 563 g/mol. The molecule has 0 saturated heterocycles. The van der Waals surface area contributed by atoms with Crippen LogP contribution >= 0.6 is 0 Å². The third-order valence-corrected chi connectivity index (χ3v) is 7.52. The van der Waals surface area contributed by atoms with Gasteiger partial charge in [-0.05, 0) is 83.6 Å². The first-order valence-corrected chi connectivity index (χ1v) is 14.1. The number of amides is 2. The third-order valence-electron chi connectivity index (χ3n) is 7.52. The van der Waals surface area contributed by atoms with E-state index in [4.69, 9.17) is 9.72 Å². The van der Waals surface area contributed by atoms with Gasteiger partial charge in [-0.15, -0.1) is 0 Å². The van der Waals surface area contributed by atoms with E-state index in [2.05, 4.69) is 9.97 Å². The molecule has 208 valence electrons. The minimum atomic E-state index is -0.258. The van der Waals surface area contributed by atoms with Gasteiger partial charge in [-0.1, -0.05) is 48.5 Å². The summed E-state index contributed by atoms with van der Waals surface area (Å²) in [5, 5.41) is 1.64. The lowest BCUT2D eigenvalue weighted by atomic mass is 9.94. The van der Waals surface area contributed by atoms with Crippen molar-refractivity contribution in [2.75, 3.05) is 13.2 Å². The molecule has 0 unspecified atom stereocenters. The lowest BCUT2D eigenvalue weighted by Gasteiger charge is -2.27. The van der Waals surface area contributed by atoms with Crippen molar-refractivity contribution >= 4 is 22.6 Å². The summed E-state index contributed by atoms with van der Waals surface area (Å²) >= 11 is 0. The monoisotopic (exact) mass is 562 g/mol. The van der Waals surface area contributed by atoms with E-state index in [-0.39, 0.29) is 18.4 Å². The van der Waals surface area contributed by atoms with Crippen molar-refractivity contribution in [1.29, 1.82) is 0 Å². The summed E-state index contributed by atoms with van der Waals surface area (Å²) in [7, 11) is 0. The molecule has 7 heteroatoms. The molecule has 1 aliphatic rings. The molecule has 3 aromatic carbocycles. The highest BCUT2D eigenvalue weighted by atomic mass is 16.5. The van der Waals surface area contributed by atoms with Gasteiger partial charge in [-0.3, -0.25) is 24.5 Å². The molecule has 7 nitrogen and oxygen atoms in total. The summed E-state index contributed by atoms with van der Waals surface area (Å²) < 4.78 is 5.99. The highest BCUT2D eigenvalue weighted by molar-refractivity contribution is 6.25. The zero-order valence-corrected chi connectivity index (χ0v) is 23.2. The molecule has 0 saturated carbocycles. The van der Waals surface area contributed by atoms with Crippen LogP contribution in [0.15, 0.2) is 122 Å². The van der Waals surface area contributed by atoms with Crippen LogP contribution in [0.1, 0.15) is 27.1 Å². The van der Waals surface area contributed by atoms with Crippen molar-refractivity contribution < 1.29 is 14.3 Å². The molecule has 1 aliphatic heterocycles. The Morgan fingerprint density at radius 3 is 1.77 bits per heavy atom. The van der Waals surface area contributed by atoms with Crippen LogP contribution < -0.4 is 4.74 Å². The van der Waals surface area contributed by atoms with Crippen LogP contribution in [0, 0.1) is 0 Å². The zero-order valence-electron chi connectivity index (χ0n) is 23.2. The molecule has 6 aromatic rings. The molecule has 0 fully saturated rings. The van der Waals surface area contributed by atoms with E-state index >= 15 is 0 Å². The fourth-order valence-electron chi connectivity index (χ4n) is 5.43. The van der Waals surface area contributed by atoms with Gasteiger partial charge in [0, 0.05) is 35.5 Å². The predicted octanol–water partition coefficient (Wildman–Crippen LogP) is 7.09. The Kier molecular flexibility index (Phi) is 6.89. The van der Waals surface area contributed by atoms with Crippen molar-refractivity contribution in [1.82, 2.24) is 19.9 Å². The van der Waals surface area contributed by atoms with Gasteiger partial charge in [-0.2, -0.15) is 0 Å². The van der Waals surface area contributed by atoms with Gasteiger partial charge in [0.15, 0.2) is 0 Å². The van der Waals surface area contributed by atoms with E-state index in [1.807, 2.05) is 97.1 Å². The maximum absolute atomic E-state index is 13.1. The average Bonchev–Trinajstić information content (AvgIpc) is 3.07. The quantitative estimate of drug-likeness (QED) is 0.145. The minimum absolute atomic E-state index is 0.258. The second-order valence-corrected chi connectivity index (χ2v) is 10.3. The first-order valence-electron chi connectivity index (χ1n) is 14.1. The third kappa shape index (κ3) is 5.13. The van der Waals surface area contributed by atoms with Crippen molar-refractivity contribution in [3.05, 3.63) is 133 Å². The summed E-state index contributed by atoms with van der Waals surface area (Å²) in [6.45, 7) is 0.648. The largest absolute Gasteiger partial charge is 0.494 e. The molecule has 2 amide bonds. The van der Waals surface area contributed by atoms with E-state index in [0.29, 0.717) is 29.9 Å². The normalized spacial score (nSPS) is 12.5. The maximum atomic E-state index is 13.1. The Bertz CT molecular complexity index is 1850. The van der Waals surface area contributed by atoms with Crippen LogP contribution in [0.2, 0.25) is 0 Å². The summed E-state index contributed by atoms with van der Waals surface area (Å²) in [5.74, 6) is 0.191. The van der Waals surface area contributed by atoms with Crippen molar-refractivity contribution in [3.63, 3.8) is 0 Å². The topological polar surface area (TPSA) is 85.3 Å². The molecular formula is C36H26N4O3. The summed E-state index contributed by atoms with van der Waals surface area (Å²) in [6, 6.07) is 34.5. The molecule has 0 aliphatic carbocycles. The highest BCUT2D eigenvalue weighted by Gasteiger charge is 2.32. The van der Waals surface area contributed by atoms with Gasteiger partial charge >= 0.3 is 0 Å². The summed E-state index contributed by atoms with van der Waals surface area (Å²) in [6.07, 6.45) is 4.03. The number of carbonyl (C=O) groups excluding carboxylic acids is 2. The van der Waals surface area contributed by atoms with Crippen molar-refractivity contribution in [3.8, 4) is 39.7 Å². The lowest BCUT2D eigenvalue weighted by molar-refractivity contribution is 0.0603. The molecule has 43 heavy (non-hydrogen) atoms. The standard InChI is InChI=1S/C36H26N4O3/c41-35-28-10-5-8-25-9-6-11-29(34(25)28)36(42)40(35)20-7-21-43-27-16-14-24(15-17-27)26-22-32(30-12-1-3-18-37-30)39-33(23-26)31-13-2-4-19-38-31/h1-6,8-19,22-23H,7,20-21H2. The number of hydrogen-bond acceptors (Lipinski definition) is 6. The van der Waals surface area contributed by atoms with Crippen LogP contribution in [0.4, 0.5) is 0 Å². The van der Waals surface area contributed by atoms with Gasteiger partial charge < -0.3 is 4.74 Å². The van der Waals surface area contributed by atoms with Gasteiger partial charge in [0.1, 0.15) is 5.75 Å². The van der Waals surface area contributed by atoms with Crippen LogP contribution in [0.25, 0.3) is 44.7 Å². The van der Waals surface area contributed by atoms with E-state index in [1.54, 1.807) is 24.5 Å². The molecule has 0 radical (unpaired) electrons. The number of imide groups is 1. The van der Waals surface area contributed by atoms with Crippen molar-refractivity contribution in [2.45, 2.75) is 6.42 Å². The molecule has 4 heterocycles. The van der Waals surface area contributed by atoms with Crippen LogP contribution in [-0.4, -0.2) is 44.8 Å². The number of pyridine rings is 3. The number of carbonyl (C=O) groups is 2. The Morgan fingerprint density at radius 2 is 1.21 bits per heavy atom. The first-order chi connectivity index (χ1) is 21.2. The minimum Gasteiger partial charge on any atom is -0.494 e. The molecule has 0 atom stereocenters. The lowest BCUT2D eigenvalue weighted by Crippen LogP contribution is -2.41.